The Balaban J connectivity index is 2.09. The van der Waals surface area contributed by atoms with Gasteiger partial charge in [-0.25, -0.2) is 0 Å². The Kier molecular flexibility index (Phi) is 2.52. The monoisotopic (exact) mass is 247 g/mol. The molecule has 0 radical (unpaired) electrons. The van der Waals surface area contributed by atoms with Crippen LogP contribution in [0.15, 0.2) is 29.3 Å². The Morgan fingerprint density at radius 1 is 1.31 bits per heavy atom. The van der Waals surface area contributed by atoms with Crippen molar-refractivity contribution in [3.63, 3.8) is 0 Å². The quantitative estimate of drug-likeness (QED) is 0.739. The fourth-order valence-electron chi connectivity index (χ4n) is 1.85. The van der Waals surface area contributed by atoms with Crippen molar-refractivity contribution in [1.82, 2.24) is 0 Å². The minimum Gasteiger partial charge on any atom is -0.273 e. The fraction of sp³-hybridized carbons (Fsp3) is 0.308. The molecule has 0 saturated heterocycles. The highest BCUT2D eigenvalue weighted by Gasteiger charge is 2.17. The molecule has 0 fully saturated rings. The van der Waals surface area contributed by atoms with E-state index in [4.69, 9.17) is 0 Å². The van der Waals surface area contributed by atoms with Gasteiger partial charge in [0.15, 0.2) is 0 Å². The molecule has 0 amide bonds. The lowest BCUT2D eigenvalue weighted by Crippen LogP contribution is -1.92. The Labute approximate surface area is 104 Å². The van der Waals surface area contributed by atoms with Gasteiger partial charge in [-0.3, -0.25) is 4.99 Å². The normalized spacial score (nSPS) is 20.4. The highest BCUT2D eigenvalue weighted by molar-refractivity contribution is 8.15. The molecule has 3 heteroatoms. The third-order valence-corrected chi connectivity index (χ3v) is 5.17. The van der Waals surface area contributed by atoms with E-state index in [1.165, 1.54) is 25.6 Å². The first-order valence-electron chi connectivity index (χ1n) is 5.43. The van der Waals surface area contributed by atoms with Crippen molar-refractivity contribution >= 4 is 38.2 Å². The van der Waals surface area contributed by atoms with Crippen LogP contribution in [0.1, 0.15) is 17.4 Å². The minimum absolute atomic E-state index is 0.479. The predicted molar refractivity (Wildman–Crippen MR) is 75.0 cm³/mol. The summed E-state index contributed by atoms with van der Waals surface area (Å²) < 4.78 is 1.37. The second kappa shape index (κ2) is 3.90. The van der Waals surface area contributed by atoms with Gasteiger partial charge in [-0.05, 0) is 36.9 Å². The van der Waals surface area contributed by atoms with Gasteiger partial charge in [0.05, 0.1) is 10.9 Å². The van der Waals surface area contributed by atoms with Crippen LogP contribution >= 0.6 is 23.1 Å². The molecule has 2 aromatic rings. The van der Waals surface area contributed by atoms with E-state index < -0.39 is 0 Å². The molecule has 2 heterocycles. The van der Waals surface area contributed by atoms with Gasteiger partial charge in [-0.2, -0.15) is 0 Å². The molecule has 1 aliphatic heterocycles. The Hall–Kier alpha value is -0.800. The lowest BCUT2D eigenvalue weighted by atomic mass is 10.2. The van der Waals surface area contributed by atoms with E-state index in [1.807, 2.05) is 23.1 Å². The van der Waals surface area contributed by atoms with Gasteiger partial charge in [0.2, 0.25) is 0 Å². The van der Waals surface area contributed by atoms with E-state index in [0.29, 0.717) is 6.04 Å². The van der Waals surface area contributed by atoms with E-state index in [0.717, 1.165) is 5.75 Å². The van der Waals surface area contributed by atoms with Gasteiger partial charge in [-0.1, -0.05) is 12.1 Å². The molecule has 0 bridgehead atoms. The van der Waals surface area contributed by atoms with Gasteiger partial charge in [0.25, 0.3) is 0 Å². The summed E-state index contributed by atoms with van der Waals surface area (Å²) >= 11 is 3.74. The number of hydrogen-bond acceptors (Lipinski definition) is 3. The number of benzene rings is 1. The summed E-state index contributed by atoms with van der Waals surface area (Å²) in [5.41, 5.74) is 1.33. The Morgan fingerprint density at radius 3 is 2.94 bits per heavy atom. The Bertz CT molecular complexity index is 568. The molecular formula is C13H13NS2. The lowest BCUT2D eigenvalue weighted by molar-refractivity contribution is 0.866. The van der Waals surface area contributed by atoms with Crippen molar-refractivity contribution < 1.29 is 0 Å². The zero-order chi connectivity index (χ0) is 11.1. The van der Waals surface area contributed by atoms with E-state index in [9.17, 15) is 0 Å². The number of aryl methyl sites for hydroxylation is 1. The molecule has 0 aliphatic carbocycles. The van der Waals surface area contributed by atoms with Gasteiger partial charge in [-0.15, -0.1) is 23.1 Å². The molecule has 1 atom stereocenters. The standard InChI is InChI=1S/C13H13NS2/c1-8-3-4-10-6-12(16-11(10)5-8)13-14-9(2)7-15-13/h3-6,9H,7H2,1-2H3/t9-/m1/s1. The molecule has 3 rings (SSSR count). The highest BCUT2D eigenvalue weighted by Crippen LogP contribution is 2.32. The van der Waals surface area contributed by atoms with Crippen LogP contribution in [0.25, 0.3) is 10.1 Å². The Morgan fingerprint density at radius 2 is 2.19 bits per heavy atom. The summed E-state index contributed by atoms with van der Waals surface area (Å²) in [5, 5.41) is 2.57. The summed E-state index contributed by atoms with van der Waals surface area (Å²) in [6.07, 6.45) is 0. The summed E-state index contributed by atoms with van der Waals surface area (Å²) in [5.74, 6) is 1.13. The summed E-state index contributed by atoms with van der Waals surface area (Å²) in [7, 11) is 0. The van der Waals surface area contributed by atoms with Gasteiger partial charge >= 0.3 is 0 Å². The van der Waals surface area contributed by atoms with Crippen molar-refractivity contribution in [3.8, 4) is 0 Å². The zero-order valence-electron chi connectivity index (χ0n) is 9.36. The first-order valence-corrected chi connectivity index (χ1v) is 7.24. The maximum Gasteiger partial charge on any atom is 0.108 e. The van der Waals surface area contributed by atoms with Crippen molar-refractivity contribution in [2.45, 2.75) is 19.9 Å². The summed E-state index contributed by atoms with van der Waals surface area (Å²) in [4.78, 5) is 6.00. The van der Waals surface area contributed by atoms with E-state index in [2.05, 4.69) is 43.1 Å². The maximum atomic E-state index is 4.67. The number of nitrogens with zero attached hydrogens (tertiary/aromatic N) is 1. The maximum absolute atomic E-state index is 4.67. The molecular weight excluding hydrogens is 234 g/mol. The second-order valence-electron chi connectivity index (χ2n) is 4.25. The van der Waals surface area contributed by atoms with Crippen LogP contribution in [-0.4, -0.2) is 16.8 Å². The van der Waals surface area contributed by atoms with E-state index in [1.54, 1.807) is 0 Å². The number of rotatable bonds is 1. The first-order chi connectivity index (χ1) is 7.72. The molecule has 1 aromatic heterocycles. The van der Waals surface area contributed by atoms with Gasteiger partial charge < -0.3 is 0 Å². The van der Waals surface area contributed by atoms with Crippen LogP contribution in [0.3, 0.4) is 0 Å². The van der Waals surface area contributed by atoms with Crippen molar-refractivity contribution in [3.05, 3.63) is 34.7 Å². The summed E-state index contributed by atoms with van der Waals surface area (Å²) in [6.45, 7) is 4.32. The average Bonchev–Trinajstić information content (AvgIpc) is 2.83. The molecule has 0 spiro atoms. The van der Waals surface area contributed by atoms with Gasteiger partial charge in [0, 0.05) is 10.5 Å². The zero-order valence-corrected chi connectivity index (χ0v) is 11.0. The third-order valence-electron chi connectivity index (χ3n) is 2.69. The van der Waals surface area contributed by atoms with Crippen LogP contribution in [0.5, 0.6) is 0 Å². The third kappa shape index (κ3) is 1.78. The van der Waals surface area contributed by atoms with Crippen molar-refractivity contribution in [2.24, 2.45) is 4.99 Å². The molecule has 0 saturated carbocycles. The van der Waals surface area contributed by atoms with Crippen LogP contribution in [-0.2, 0) is 0 Å². The van der Waals surface area contributed by atoms with Gasteiger partial charge in [0.1, 0.15) is 5.04 Å². The SMILES string of the molecule is Cc1ccc2cc(C3=N[C@H](C)CS3)sc2c1. The average molecular weight is 247 g/mol. The van der Waals surface area contributed by atoms with Crippen molar-refractivity contribution in [1.29, 1.82) is 0 Å². The largest absolute Gasteiger partial charge is 0.273 e. The smallest absolute Gasteiger partial charge is 0.108 e. The van der Waals surface area contributed by atoms with Crippen LogP contribution < -0.4 is 0 Å². The van der Waals surface area contributed by atoms with E-state index >= 15 is 0 Å². The minimum atomic E-state index is 0.479. The molecule has 1 nitrogen and oxygen atoms in total. The van der Waals surface area contributed by atoms with Crippen LogP contribution in [0.4, 0.5) is 0 Å². The molecule has 16 heavy (non-hydrogen) atoms. The molecule has 1 aromatic carbocycles. The molecule has 1 aliphatic rings. The number of thioether (sulfide) groups is 1. The molecule has 0 N–H and O–H groups in total. The molecule has 0 unspecified atom stereocenters. The first kappa shape index (κ1) is 10.4. The highest BCUT2D eigenvalue weighted by atomic mass is 32.2. The molecule has 82 valence electrons. The van der Waals surface area contributed by atoms with E-state index in [-0.39, 0.29) is 0 Å². The summed E-state index contributed by atoms with van der Waals surface area (Å²) in [6, 6.07) is 9.38. The van der Waals surface area contributed by atoms with Crippen LogP contribution in [0, 0.1) is 6.92 Å². The van der Waals surface area contributed by atoms with Crippen molar-refractivity contribution in [2.75, 3.05) is 5.75 Å². The number of aliphatic imine (C=N–C) groups is 1. The second-order valence-corrected chi connectivity index (χ2v) is 6.34. The number of thiophene rings is 1. The lowest BCUT2D eigenvalue weighted by Gasteiger charge is -1.91. The predicted octanol–water partition coefficient (Wildman–Crippen LogP) is 4.09. The fourth-order valence-corrected chi connectivity index (χ4v) is 4.14. The number of hydrogen-bond donors (Lipinski definition) is 0. The van der Waals surface area contributed by atoms with Crippen LogP contribution in [0.2, 0.25) is 0 Å². The topological polar surface area (TPSA) is 12.4 Å². The number of fused-ring (bicyclic) bond motifs is 1.